The minimum Gasteiger partial charge on any atom is -0.456 e. The minimum absolute atomic E-state index is 0.0213. The Balaban J connectivity index is 1.35. The van der Waals surface area contributed by atoms with Crippen LogP contribution in [0, 0.1) is 0 Å². The van der Waals surface area contributed by atoms with Crippen molar-refractivity contribution in [2.24, 2.45) is 0 Å². The molecule has 0 N–H and O–H groups in total. The normalized spacial score (nSPS) is 15.6. The van der Waals surface area contributed by atoms with Gasteiger partial charge in [0.05, 0.1) is 20.6 Å². The highest BCUT2D eigenvalue weighted by atomic mass is 16.3. The molecule has 51 heavy (non-hydrogen) atoms. The fraction of sp³-hybridized carbons (Fsp3) is 0. The van der Waals surface area contributed by atoms with Crippen LogP contribution in [-0.2, 0) is 0 Å². The first-order chi connectivity index (χ1) is 31.6. The van der Waals surface area contributed by atoms with Crippen molar-refractivity contribution in [2.45, 2.75) is 0 Å². The highest BCUT2D eigenvalue weighted by molar-refractivity contribution is 6.26. The SMILES string of the molecule is [2H]c1c([2H])c([2H])c(-c2c([2H])c([2H])c3oc4c([2H])c([2H])c([2H])c(-c5c6ccccc6c(-c6c([2H])c([2H])c([2H])c([2H])c6-c6ccc(-c7ccccc7)cc6)c6ccccc56)c4c3c2[2H])c([2H])c1[2H]. The van der Waals surface area contributed by atoms with Crippen molar-refractivity contribution < 1.29 is 25.0 Å². The molecule has 0 fully saturated rings. The summed E-state index contributed by atoms with van der Waals surface area (Å²) >= 11 is 0. The number of furan rings is 1. The summed E-state index contributed by atoms with van der Waals surface area (Å²) in [5, 5.41) is 1.73. The van der Waals surface area contributed by atoms with E-state index in [-0.39, 0.29) is 50.7 Å². The first-order valence-electron chi connectivity index (χ1n) is 23.8. The van der Waals surface area contributed by atoms with Gasteiger partial charge in [-0.2, -0.15) is 0 Å². The highest BCUT2D eigenvalue weighted by Gasteiger charge is 2.21. The van der Waals surface area contributed by atoms with Crippen molar-refractivity contribution in [3.63, 3.8) is 0 Å². The summed E-state index contributed by atoms with van der Waals surface area (Å²) in [6.07, 6.45) is 0. The molecule has 0 aliphatic rings. The summed E-state index contributed by atoms with van der Waals surface area (Å²) in [5.74, 6) is 0. The molecule has 0 aliphatic heterocycles. The number of hydrogen-bond donors (Lipinski definition) is 0. The minimum atomic E-state index is -0.705. The Morgan fingerprint density at radius 3 is 1.57 bits per heavy atom. The predicted molar refractivity (Wildman–Crippen MR) is 216 cm³/mol. The van der Waals surface area contributed by atoms with Crippen LogP contribution in [-0.4, -0.2) is 0 Å². The first-order valence-corrected chi connectivity index (χ1v) is 16.3. The van der Waals surface area contributed by atoms with E-state index in [1.165, 1.54) is 0 Å². The number of benzene rings is 9. The van der Waals surface area contributed by atoms with Crippen LogP contribution in [0.2, 0.25) is 0 Å². The van der Waals surface area contributed by atoms with Gasteiger partial charge in [-0.3, -0.25) is 0 Å². The molecule has 10 rings (SSSR count). The zero-order valence-corrected chi connectivity index (χ0v) is 26.7. The Labute approximate surface area is 317 Å². The Bertz CT molecular complexity index is 3660. The maximum atomic E-state index is 9.64. The van der Waals surface area contributed by atoms with Crippen LogP contribution in [0.1, 0.15) is 20.6 Å². The van der Waals surface area contributed by atoms with E-state index in [0.717, 1.165) is 11.1 Å². The molecule has 10 aromatic rings. The summed E-state index contributed by atoms with van der Waals surface area (Å²) in [6.45, 7) is 0. The van der Waals surface area contributed by atoms with Gasteiger partial charge in [-0.15, -0.1) is 0 Å². The molecular formula is C50H32O. The van der Waals surface area contributed by atoms with Crippen molar-refractivity contribution >= 4 is 43.5 Å². The summed E-state index contributed by atoms with van der Waals surface area (Å²) in [6, 6.07) is 23.2. The fourth-order valence-electron chi connectivity index (χ4n) is 6.98. The van der Waals surface area contributed by atoms with E-state index in [2.05, 4.69) is 0 Å². The number of hydrogen-bond acceptors (Lipinski definition) is 1. The van der Waals surface area contributed by atoms with Crippen LogP contribution in [0.25, 0.3) is 99.1 Å². The Morgan fingerprint density at radius 2 is 0.882 bits per heavy atom. The van der Waals surface area contributed by atoms with Crippen LogP contribution in [0.4, 0.5) is 0 Å². The molecule has 1 heterocycles. The molecule has 0 saturated heterocycles. The topological polar surface area (TPSA) is 13.1 Å². The van der Waals surface area contributed by atoms with E-state index in [4.69, 9.17) is 19.5 Å². The molecular weight excluding hydrogens is 617 g/mol. The smallest absolute Gasteiger partial charge is 0.136 e. The second kappa shape index (κ2) is 12.0. The molecule has 0 radical (unpaired) electrons. The lowest BCUT2D eigenvalue weighted by Crippen LogP contribution is -1.93. The molecule has 0 unspecified atom stereocenters. The van der Waals surface area contributed by atoms with Gasteiger partial charge in [0.1, 0.15) is 11.2 Å². The van der Waals surface area contributed by atoms with Crippen molar-refractivity contribution in [1.29, 1.82) is 0 Å². The molecule has 9 aromatic carbocycles. The van der Waals surface area contributed by atoms with Gasteiger partial charge in [0.2, 0.25) is 0 Å². The predicted octanol–water partition coefficient (Wildman–Crippen LogP) is 14.2. The number of rotatable bonds is 5. The van der Waals surface area contributed by atoms with E-state index < -0.39 is 89.7 Å². The molecule has 0 spiro atoms. The summed E-state index contributed by atoms with van der Waals surface area (Å²) in [4.78, 5) is 0. The Kier molecular flexibility index (Phi) is 4.19. The molecule has 238 valence electrons. The molecule has 1 nitrogen and oxygen atoms in total. The zero-order chi connectivity index (χ0) is 46.8. The summed E-state index contributed by atoms with van der Waals surface area (Å²) in [5.41, 5.74) is 2.20. The van der Waals surface area contributed by atoms with Gasteiger partial charge in [-0.1, -0.05) is 176 Å². The van der Waals surface area contributed by atoms with Gasteiger partial charge in [0.25, 0.3) is 0 Å². The van der Waals surface area contributed by atoms with Crippen LogP contribution in [0.5, 0.6) is 0 Å². The quantitative estimate of drug-likeness (QED) is 0.167. The van der Waals surface area contributed by atoms with E-state index in [9.17, 15) is 5.48 Å². The third kappa shape index (κ3) is 4.86. The van der Waals surface area contributed by atoms with Gasteiger partial charge >= 0.3 is 0 Å². The van der Waals surface area contributed by atoms with Gasteiger partial charge in [0, 0.05) is 10.8 Å². The Morgan fingerprint density at radius 1 is 0.333 bits per heavy atom. The molecule has 1 heteroatoms. The van der Waals surface area contributed by atoms with Gasteiger partial charge in [-0.05, 0) is 95.3 Å². The average molecular weight is 664 g/mol. The molecule has 0 amide bonds. The van der Waals surface area contributed by atoms with E-state index in [0.29, 0.717) is 38.2 Å². The lowest BCUT2D eigenvalue weighted by atomic mass is 9.83. The van der Waals surface area contributed by atoms with E-state index in [1.54, 1.807) is 48.5 Å². The second-order valence-corrected chi connectivity index (χ2v) is 12.0. The summed E-state index contributed by atoms with van der Waals surface area (Å²) < 4.78 is 140. The zero-order valence-electron chi connectivity index (χ0n) is 41.7. The fourth-order valence-corrected chi connectivity index (χ4v) is 6.98. The standard InChI is InChI=1S/C50H32O/c1-3-14-33(15-4-1)35-26-28-36(29-27-35)38-18-7-8-19-39(38)48-40-20-9-11-22-42(40)49(43-23-12-10-21-41(43)48)44-24-13-25-47-50(44)45-32-37(30-31-46(45)51-47)34-16-5-2-6-17-34/h1-32H/i2D,5D,6D,7D,8D,13D,16D,17D,18D,19D,24D,25D,30D,31D,32D. The molecule has 0 bridgehead atoms. The maximum absolute atomic E-state index is 9.64. The van der Waals surface area contributed by atoms with E-state index >= 15 is 0 Å². The highest BCUT2D eigenvalue weighted by Crippen LogP contribution is 2.48. The van der Waals surface area contributed by atoms with Gasteiger partial charge in [0.15, 0.2) is 0 Å². The maximum Gasteiger partial charge on any atom is 0.136 e. The third-order valence-corrected chi connectivity index (χ3v) is 9.22. The van der Waals surface area contributed by atoms with Gasteiger partial charge < -0.3 is 4.42 Å². The van der Waals surface area contributed by atoms with Crippen LogP contribution in [0.15, 0.2) is 198 Å². The van der Waals surface area contributed by atoms with Crippen molar-refractivity contribution in [2.75, 3.05) is 0 Å². The molecule has 0 atom stereocenters. The lowest BCUT2D eigenvalue weighted by molar-refractivity contribution is 0.669. The lowest BCUT2D eigenvalue weighted by Gasteiger charge is -2.20. The molecule has 1 aromatic heterocycles. The third-order valence-electron chi connectivity index (χ3n) is 9.22. The average Bonchev–Trinajstić information content (AvgIpc) is 3.74. The van der Waals surface area contributed by atoms with Crippen LogP contribution < -0.4 is 0 Å². The second-order valence-electron chi connectivity index (χ2n) is 12.0. The van der Waals surface area contributed by atoms with Crippen LogP contribution in [0.3, 0.4) is 0 Å². The van der Waals surface area contributed by atoms with Crippen molar-refractivity contribution in [3.05, 3.63) is 194 Å². The van der Waals surface area contributed by atoms with Gasteiger partial charge in [-0.25, -0.2) is 0 Å². The first kappa shape index (κ1) is 17.8. The summed E-state index contributed by atoms with van der Waals surface area (Å²) in [7, 11) is 0. The monoisotopic (exact) mass is 663 g/mol. The van der Waals surface area contributed by atoms with E-state index in [1.807, 2.05) is 54.6 Å². The largest absolute Gasteiger partial charge is 0.456 e. The molecule has 0 saturated carbocycles. The van der Waals surface area contributed by atoms with Crippen LogP contribution >= 0.6 is 0 Å². The van der Waals surface area contributed by atoms with Crippen molar-refractivity contribution in [1.82, 2.24) is 0 Å². The number of fused-ring (bicyclic) bond motifs is 5. The Hall–Kier alpha value is -6.70. The van der Waals surface area contributed by atoms with Crippen molar-refractivity contribution in [3.8, 4) is 55.6 Å². The molecule has 0 aliphatic carbocycles.